The molecule has 0 fully saturated rings. The van der Waals surface area contributed by atoms with E-state index in [1.54, 1.807) is 0 Å². The Balaban J connectivity index is 2.07. The summed E-state index contributed by atoms with van der Waals surface area (Å²) >= 11 is 0. The summed E-state index contributed by atoms with van der Waals surface area (Å²) in [5.41, 5.74) is -2.79. The molecule has 32 heavy (non-hydrogen) atoms. The summed E-state index contributed by atoms with van der Waals surface area (Å²) in [5, 5.41) is 7.27. The Kier molecular flexibility index (Phi) is 6.50. The molecule has 1 amide bonds. The molecule has 0 unspecified atom stereocenters. The standard InChI is InChI=1S/C19H13F5N4O3S/c1-9-12(4-5-14(20)27-9)31-13-3-2-11(19(22,23)24)17(21)16(13)18(29)28-10-6-7-26-15(8-10)32(25)30/h2-8H,25H2,1H3,(H,26,28,29)/t32-/m1/s1. The number of alkyl halides is 3. The van der Waals surface area contributed by atoms with Gasteiger partial charge in [-0.25, -0.2) is 23.7 Å². The molecule has 7 nitrogen and oxygen atoms in total. The van der Waals surface area contributed by atoms with E-state index < -0.39 is 51.7 Å². The quantitative estimate of drug-likeness (QED) is 0.429. The summed E-state index contributed by atoms with van der Waals surface area (Å²) in [7, 11) is -2.00. The van der Waals surface area contributed by atoms with E-state index >= 15 is 0 Å². The van der Waals surface area contributed by atoms with Gasteiger partial charge in [0.25, 0.3) is 5.91 Å². The van der Waals surface area contributed by atoms with Gasteiger partial charge in [-0.15, -0.1) is 0 Å². The molecule has 2 aromatic heterocycles. The van der Waals surface area contributed by atoms with Crippen molar-refractivity contribution < 1.29 is 35.7 Å². The zero-order valence-corrected chi connectivity index (χ0v) is 16.9. The van der Waals surface area contributed by atoms with E-state index in [9.17, 15) is 31.0 Å². The van der Waals surface area contributed by atoms with Gasteiger partial charge in [0.1, 0.15) is 33.1 Å². The van der Waals surface area contributed by atoms with E-state index in [1.807, 2.05) is 0 Å². The second-order valence-electron chi connectivity index (χ2n) is 6.25. The van der Waals surface area contributed by atoms with Crippen LogP contribution in [0.5, 0.6) is 11.5 Å². The van der Waals surface area contributed by atoms with Gasteiger partial charge in [0.2, 0.25) is 5.95 Å². The van der Waals surface area contributed by atoms with Crippen LogP contribution in [0.3, 0.4) is 0 Å². The number of ether oxygens (including phenoxy) is 1. The van der Waals surface area contributed by atoms with Crippen LogP contribution in [-0.2, 0) is 17.2 Å². The maximum absolute atomic E-state index is 14.8. The number of benzene rings is 1. The maximum Gasteiger partial charge on any atom is 0.419 e. The smallest absolute Gasteiger partial charge is 0.419 e. The van der Waals surface area contributed by atoms with Crippen molar-refractivity contribution in [3.8, 4) is 11.5 Å². The predicted octanol–water partition coefficient (Wildman–Crippen LogP) is 4.11. The number of carbonyl (C=O) groups excluding carboxylic acids is 1. The third-order valence-electron chi connectivity index (χ3n) is 4.06. The first-order chi connectivity index (χ1) is 15.0. The van der Waals surface area contributed by atoms with Crippen LogP contribution in [0.15, 0.2) is 47.6 Å². The van der Waals surface area contributed by atoms with Crippen LogP contribution in [0.1, 0.15) is 21.6 Å². The van der Waals surface area contributed by atoms with Crippen molar-refractivity contribution in [1.29, 1.82) is 0 Å². The van der Waals surface area contributed by atoms with Gasteiger partial charge >= 0.3 is 6.18 Å². The molecule has 3 rings (SSSR count). The number of carbonyl (C=O) groups is 1. The Hall–Kier alpha value is -3.45. The molecule has 1 aromatic carbocycles. The first-order valence-corrected chi connectivity index (χ1v) is 9.83. The van der Waals surface area contributed by atoms with Gasteiger partial charge in [0, 0.05) is 11.9 Å². The van der Waals surface area contributed by atoms with Crippen molar-refractivity contribution in [3.05, 3.63) is 71.2 Å². The van der Waals surface area contributed by atoms with Crippen LogP contribution in [-0.4, -0.2) is 20.1 Å². The molecule has 0 aliphatic rings. The van der Waals surface area contributed by atoms with Gasteiger partial charge in [-0.05, 0) is 43.3 Å². The number of amides is 1. The van der Waals surface area contributed by atoms with Crippen LogP contribution in [0.4, 0.5) is 27.6 Å². The minimum absolute atomic E-state index is 0.0147. The minimum Gasteiger partial charge on any atom is -0.455 e. The van der Waals surface area contributed by atoms with Crippen LogP contribution in [0.25, 0.3) is 0 Å². The number of halogens is 5. The third-order valence-corrected chi connectivity index (χ3v) is 4.69. The Bertz CT molecular complexity index is 1220. The number of nitrogens with zero attached hydrogens (tertiary/aromatic N) is 2. The third kappa shape index (κ3) is 5.06. The SMILES string of the molecule is Cc1nc(F)ccc1Oc1ccc(C(F)(F)F)c(F)c1C(=O)Nc1ccnc([S@](N)=O)c1. The van der Waals surface area contributed by atoms with E-state index in [-0.39, 0.29) is 22.2 Å². The summed E-state index contributed by atoms with van der Waals surface area (Å²) in [4.78, 5) is 20.0. The topological polar surface area (TPSA) is 107 Å². The van der Waals surface area contributed by atoms with E-state index in [2.05, 4.69) is 15.3 Å². The number of nitrogens with one attached hydrogen (secondary N) is 1. The molecule has 168 valence electrons. The van der Waals surface area contributed by atoms with E-state index in [1.165, 1.54) is 13.0 Å². The summed E-state index contributed by atoms with van der Waals surface area (Å²) < 4.78 is 84.4. The van der Waals surface area contributed by atoms with Crippen molar-refractivity contribution in [2.24, 2.45) is 5.14 Å². The van der Waals surface area contributed by atoms with Gasteiger partial charge in [0.05, 0.1) is 11.3 Å². The molecular formula is C19H13F5N4O3S. The Morgan fingerprint density at radius 2 is 1.81 bits per heavy atom. The molecular weight excluding hydrogens is 459 g/mol. The molecule has 0 bridgehead atoms. The first-order valence-electron chi connectivity index (χ1n) is 8.61. The highest BCUT2D eigenvalue weighted by Crippen LogP contribution is 2.37. The molecule has 3 N–H and O–H groups in total. The second kappa shape index (κ2) is 8.96. The normalized spacial score (nSPS) is 12.3. The molecule has 0 aliphatic heterocycles. The minimum atomic E-state index is -5.09. The average Bonchev–Trinajstić information content (AvgIpc) is 2.69. The summed E-state index contributed by atoms with van der Waals surface area (Å²) in [6, 6.07) is 5.56. The van der Waals surface area contributed by atoms with E-state index in [0.717, 1.165) is 30.5 Å². The fourth-order valence-corrected chi connectivity index (χ4v) is 3.02. The highest BCUT2D eigenvalue weighted by atomic mass is 32.2. The largest absolute Gasteiger partial charge is 0.455 e. The zero-order valence-electron chi connectivity index (χ0n) is 16.0. The average molecular weight is 472 g/mol. The number of aryl methyl sites for hydroxylation is 1. The van der Waals surface area contributed by atoms with Crippen LogP contribution >= 0.6 is 0 Å². The van der Waals surface area contributed by atoms with Gasteiger partial charge in [-0.1, -0.05) is 0 Å². The number of hydrogen-bond donors (Lipinski definition) is 2. The molecule has 0 saturated carbocycles. The number of aromatic nitrogens is 2. The molecule has 2 heterocycles. The molecule has 1 atom stereocenters. The lowest BCUT2D eigenvalue weighted by Gasteiger charge is -2.16. The van der Waals surface area contributed by atoms with Gasteiger partial charge in [-0.3, -0.25) is 4.79 Å². The fraction of sp³-hybridized carbons (Fsp3) is 0.105. The predicted molar refractivity (Wildman–Crippen MR) is 103 cm³/mol. The first kappa shape index (κ1) is 23.2. The molecule has 13 heteroatoms. The van der Waals surface area contributed by atoms with Crippen molar-refractivity contribution in [2.45, 2.75) is 18.1 Å². The van der Waals surface area contributed by atoms with Gasteiger partial charge < -0.3 is 10.1 Å². The Morgan fingerprint density at radius 1 is 1.12 bits per heavy atom. The van der Waals surface area contributed by atoms with Crippen LogP contribution in [0, 0.1) is 18.7 Å². The monoisotopic (exact) mass is 472 g/mol. The number of pyridine rings is 2. The zero-order chi connectivity index (χ0) is 23.6. The van der Waals surface area contributed by atoms with Gasteiger partial charge in [0.15, 0.2) is 5.82 Å². The second-order valence-corrected chi connectivity index (χ2v) is 7.26. The lowest BCUT2D eigenvalue weighted by molar-refractivity contribution is -0.140. The van der Waals surface area contributed by atoms with E-state index in [4.69, 9.17) is 9.88 Å². The lowest BCUT2D eigenvalue weighted by atomic mass is 10.1. The lowest BCUT2D eigenvalue weighted by Crippen LogP contribution is -2.19. The van der Waals surface area contributed by atoms with Crippen molar-refractivity contribution in [3.63, 3.8) is 0 Å². The van der Waals surface area contributed by atoms with E-state index in [0.29, 0.717) is 6.07 Å². The number of nitrogens with two attached hydrogens (primary N) is 1. The number of anilines is 1. The molecule has 3 aromatic rings. The maximum atomic E-state index is 14.8. The summed E-state index contributed by atoms with van der Waals surface area (Å²) in [6.07, 6.45) is -3.95. The highest BCUT2D eigenvalue weighted by molar-refractivity contribution is 7.82. The van der Waals surface area contributed by atoms with Crippen LogP contribution < -0.4 is 15.2 Å². The van der Waals surface area contributed by atoms with Crippen LogP contribution in [0.2, 0.25) is 0 Å². The van der Waals surface area contributed by atoms with Crippen molar-refractivity contribution in [2.75, 3.05) is 5.32 Å². The Labute approximate surface area is 180 Å². The Morgan fingerprint density at radius 3 is 2.44 bits per heavy atom. The van der Waals surface area contributed by atoms with Gasteiger partial charge in [-0.2, -0.15) is 17.6 Å². The highest BCUT2D eigenvalue weighted by Gasteiger charge is 2.37. The molecule has 0 aliphatic carbocycles. The molecule has 0 saturated heterocycles. The summed E-state index contributed by atoms with van der Waals surface area (Å²) in [5.74, 6) is -4.68. The molecule has 0 spiro atoms. The van der Waals surface area contributed by atoms with Crippen molar-refractivity contribution in [1.82, 2.24) is 9.97 Å². The summed E-state index contributed by atoms with van der Waals surface area (Å²) in [6.45, 7) is 1.35. The van der Waals surface area contributed by atoms with Crippen molar-refractivity contribution >= 4 is 22.6 Å². The fourth-order valence-electron chi connectivity index (χ4n) is 2.61. The molecule has 0 radical (unpaired) electrons. The number of hydrogen-bond acceptors (Lipinski definition) is 5. The number of rotatable bonds is 5.